The molecule has 0 radical (unpaired) electrons. The molecular weight excluding hydrogens is 231 g/mol. The van der Waals surface area contributed by atoms with Crippen molar-refractivity contribution in [1.82, 2.24) is 0 Å². The second-order valence-electron chi connectivity index (χ2n) is 3.32. The lowest BCUT2D eigenvalue weighted by molar-refractivity contribution is -0.172. The first-order valence-electron chi connectivity index (χ1n) is 4.96. The van der Waals surface area contributed by atoms with Crippen LogP contribution in [0.3, 0.4) is 0 Å². The number of nitrogens with one attached hydrogen (secondary N) is 1. The van der Waals surface area contributed by atoms with Gasteiger partial charge >= 0.3 is 6.18 Å². The van der Waals surface area contributed by atoms with Crippen molar-refractivity contribution in [2.45, 2.75) is 6.18 Å². The third-order valence-electron chi connectivity index (χ3n) is 1.87. The summed E-state index contributed by atoms with van der Waals surface area (Å²) >= 11 is 0. The van der Waals surface area contributed by atoms with Crippen LogP contribution in [0.2, 0.25) is 0 Å². The van der Waals surface area contributed by atoms with Gasteiger partial charge in [0.2, 0.25) is 0 Å². The van der Waals surface area contributed by atoms with Crippen LogP contribution in [0.1, 0.15) is 5.56 Å². The second kappa shape index (κ2) is 6.16. The maximum absolute atomic E-state index is 11.7. The van der Waals surface area contributed by atoms with Gasteiger partial charge in [0.15, 0.2) is 0 Å². The largest absolute Gasteiger partial charge is 0.411 e. The summed E-state index contributed by atoms with van der Waals surface area (Å²) in [6.07, 6.45) is 0.941. The van der Waals surface area contributed by atoms with Gasteiger partial charge in [0, 0.05) is 17.8 Å². The van der Waals surface area contributed by atoms with E-state index in [0.29, 0.717) is 12.1 Å². The molecule has 0 unspecified atom stereocenters. The van der Waals surface area contributed by atoms with E-state index < -0.39 is 12.8 Å². The Hall–Kier alpha value is -1.67. The van der Waals surface area contributed by atoms with Crippen LogP contribution in [0, 0.1) is 12.3 Å². The molecular formula is C12H12F3NO. The fourth-order valence-electron chi connectivity index (χ4n) is 1.17. The minimum atomic E-state index is -4.27. The summed E-state index contributed by atoms with van der Waals surface area (Å²) in [6.45, 7) is -0.941. The molecule has 1 N–H and O–H groups in total. The summed E-state index contributed by atoms with van der Waals surface area (Å²) in [7, 11) is 0. The van der Waals surface area contributed by atoms with Gasteiger partial charge in [-0.15, -0.1) is 6.42 Å². The molecule has 0 fully saturated rings. The molecule has 0 amide bonds. The van der Waals surface area contributed by atoms with Crippen LogP contribution < -0.4 is 5.32 Å². The maximum Gasteiger partial charge on any atom is 0.411 e. The third kappa shape index (κ3) is 5.83. The van der Waals surface area contributed by atoms with Crippen LogP contribution in [0.15, 0.2) is 24.3 Å². The van der Waals surface area contributed by atoms with Crippen molar-refractivity contribution in [2.75, 3.05) is 25.1 Å². The van der Waals surface area contributed by atoms with Gasteiger partial charge in [0.25, 0.3) is 0 Å². The third-order valence-corrected chi connectivity index (χ3v) is 1.87. The van der Waals surface area contributed by atoms with Gasteiger partial charge in [0.1, 0.15) is 6.61 Å². The first-order chi connectivity index (χ1) is 8.01. The zero-order chi connectivity index (χ0) is 12.7. The highest BCUT2D eigenvalue weighted by Gasteiger charge is 2.27. The van der Waals surface area contributed by atoms with Gasteiger partial charge in [0.05, 0.1) is 6.61 Å². The van der Waals surface area contributed by atoms with Gasteiger partial charge in [-0.1, -0.05) is 12.0 Å². The number of halogens is 3. The highest BCUT2D eigenvalue weighted by Crippen LogP contribution is 2.14. The molecule has 2 nitrogen and oxygen atoms in total. The number of hydrogen-bond donors (Lipinski definition) is 1. The first kappa shape index (κ1) is 13.4. The lowest BCUT2D eigenvalue weighted by Crippen LogP contribution is -2.20. The van der Waals surface area contributed by atoms with E-state index in [1.807, 2.05) is 0 Å². The van der Waals surface area contributed by atoms with Crippen molar-refractivity contribution in [2.24, 2.45) is 0 Å². The highest BCUT2D eigenvalue weighted by atomic mass is 19.4. The zero-order valence-corrected chi connectivity index (χ0v) is 9.05. The number of terminal acetylenes is 1. The van der Waals surface area contributed by atoms with Gasteiger partial charge in [-0.05, 0) is 18.2 Å². The van der Waals surface area contributed by atoms with E-state index in [2.05, 4.69) is 16.0 Å². The van der Waals surface area contributed by atoms with Crippen molar-refractivity contribution >= 4 is 5.69 Å². The molecule has 92 valence electrons. The summed E-state index contributed by atoms with van der Waals surface area (Å²) < 4.78 is 39.7. The topological polar surface area (TPSA) is 21.3 Å². The molecule has 1 aromatic carbocycles. The molecule has 5 heteroatoms. The molecule has 0 saturated heterocycles. The Morgan fingerprint density at radius 3 is 2.76 bits per heavy atom. The summed E-state index contributed by atoms with van der Waals surface area (Å²) in [5, 5.41) is 2.92. The predicted octanol–water partition coefficient (Wildman–Crippen LogP) is 2.66. The molecule has 1 aromatic rings. The number of rotatable bonds is 5. The Morgan fingerprint density at radius 1 is 1.35 bits per heavy atom. The van der Waals surface area contributed by atoms with Gasteiger partial charge in [-0.25, -0.2) is 0 Å². The van der Waals surface area contributed by atoms with Crippen LogP contribution in [0.25, 0.3) is 0 Å². The quantitative estimate of drug-likeness (QED) is 0.634. The van der Waals surface area contributed by atoms with Crippen molar-refractivity contribution < 1.29 is 17.9 Å². The Balaban J connectivity index is 2.25. The van der Waals surface area contributed by atoms with Crippen molar-refractivity contribution in [3.8, 4) is 12.3 Å². The fraction of sp³-hybridized carbons (Fsp3) is 0.333. The van der Waals surface area contributed by atoms with Crippen LogP contribution in [-0.4, -0.2) is 25.9 Å². The number of alkyl halides is 3. The Kier molecular flexibility index (Phi) is 4.85. The molecule has 0 bridgehead atoms. The van der Waals surface area contributed by atoms with E-state index in [0.717, 1.165) is 5.69 Å². The molecule has 0 saturated carbocycles. The number of hydrogen-bond acceptors (Lipinski definition) is 2. The van der Waals surface area contributed by atoms with Gasteiger partial charge in [-0.2, -0.15) is 13.2 Å². The lowest BCUT2D eigenvalue weighted by atomic mass is 10.2. The molecule has 0 atom stereocenters. The van der Waals surface area contributed by atoms with Crippen LogP contribution in [0.5, 0.6) is 0 Å². The Bertz CT molecular complexity index is 395. The summed E-state index contributed by atoms with van der Waals surface area (Å²) in [5.74, 6) is 2.47. The number of ether oxygens (including phenoxy) is 1. The van der Waals surface area contributed by atoms with Gasteiger partial charge in [-0.3, -0.25) is 0 Å². The predicted molar refractivity (Wildman–Crippen MR) is 59.7 cm³/mol. The highest BCUT2D eigenvalue weighted by molar-refractivity contribution is 5.49. The Morgan fingerprint density at radius 2 is 2.12 bits per heavy atom. The van der Waals surface area contributed by atoms with Crippen LogP contribution in [-0.2, 0) is 4.74 Å². The number of benzene rings is 1. The molecule has 0 aromatic heterocycles. The maximum atomic E-state index is 11.7. The minimum Gasteiger partial charge on any atom is -0.383 e. The van der Waals surface area contributed by atoms with Crippen molar-refractivity contribution in [3.63, 3.8) is 0 Å². The SMILES string of the molecule is C#Cc1cccc(NCCOCC(F)(F)F)c1. The normalized spacial score (nSPS) is 10.9. The van der Waals surface area contributed by atoms with Crippen molar-refractivity contribution in [3.05, 3.63) is 29.8 Å². The smallest absolute Gasteiger partial charge is 0.383 e. The average Bonchev–Trinajstić information content (AvgIpc) is 2.27. The summed E-state index contributed by atoms with van der Waals surface area (Å²) in [5.41, 5.74) is 1.47. The lowest BCUT2D eigenvalue weighted by Gasteiger charge is -2.09. The van der Waals surface area contributed by atoms with E-state index in [1.165, 1.54) is 0 Å². The molecule has 0 heterocycles. The number of anilines is 1. The van der Waals surface area contributed by atoms with E-state index >= 15 is 0 Å². The minimum absolute atomic E-state index is 0.0141. The first-order valence-corrected chi connectivity index (χ1v) is 4.96. The molecule has 0 aliphatic carbocycles. The summed E-state index contributed by atoms with van der Waals surface area (Å²) in [4.78, 5) is 0. The average molecular weight is 243 g/mol. The molecule has 0 spiro atoms. The van der Waals surface area contributed by atoms with Crippen LogP contribution >= 0.6 is 0 Å². The fourth-order valence-corrected chi connectivity index (χ4v) is 1.17. The van der Waals surface area contributed by atoms with Crippen molar-refractivity contribution in [1.29, 1.82) is 0 Å². The zero-order valence-electron chi connectivity index (χ0n) is 9.05. The standard InChI is InChI=1S/C12H12F3NO/c1-2-10-4-3-5-11(8-10)16-6-7-17-9-12(13,14)15/h1,3-5,8,16H,6-7,9H2. The Labute approximate surface area is 97.8 Å². The van der Waals surface area contributed by atoms with Crippen LogP contribution in [0.4, 0.5) is 18.9 Å². The van der Waals surface area contributed by atoms with Gasteiger partial charge < -0.3 is 10.1 Å². The van der Waals surface area contributed by atoms with E-state index in [4.69, 9.17) is 6.42 Å². The van der Waals surface area contributed by atoms with E-state index in [9.17, 15) is 13.2 Å². The molecule has 1 rings (SSSR count). The van der Waals surface area contributed by atoms with E-state index in [-0.39, 0.29) is 6.61 Å². The summed E-state index contributed by atoms with van der Waals surface area (Å²) in [6, 6.07) is 7.06. The molecule has 0 aliphatic heterocycles. The van der Waals surface area contributed by atoms with E-state index in [1.54, 1.807) is 24.3 Å². The molecule has 0 aliphatic rings. The molecule has 17 heavy (non-hydrogen) atoms. The second-order valence-corrected chi connectivity index (χ2v) is 3.32. The monoisotopic (exact) mass is 243 g/mol.